The minimum Gasteiger partial charge on any atom is -0.465 e. The molecule has 0 aliphatic carbocycles. The number of hydrogen-bond donors (Lipinski definition) is 0. The largest absolute Gasteiger partial charge is 0.465 e. The van der Waals surface area contributed by atoms with Gasteiger partial charge in [0.05, 0.1) is 32.3 Å². The van der Waals surface area contributed by atoms with Crippen LogP contribution >= 0.6 is 0 Å². The van der Waals surface area contributed by atoms with Crippen LogP contribution in [-0.4, -0.2) is 43.7 Å². The fourth-order valence-corrected chi connectivity index (χ4v) is 2.42. The average Bonchev–Trinajstić information content (AvgIpc) is 2.52. The van der Waals surface area contributed by atoms with Crippen LogP contribution in [0.2, 0.25) is 0 Å². The molecule has 0 aromatic heterocycles. The van der Waals surface area contributed by atoms with Crippen molar-refractivity contribution in [1.82, 2.24) is 0 Å². The van der Waals surface area contributed by atoms with Gasteiger partial charge in [0.1, 0.15) is 6.54 Å². The summed E-state index contributed by atoms with van der Waals surface area (Å²) in [4.78, 5) is 12.0. The molecule has 110 valence electrons. The van der Waals surface area contributed by atoms with Crippen molar-refractivity contribution in [3.05, 3.63) is 41.5 Å². The highest BCUT2D eigenvalue weighted by atomic mass is 16.5. The maximum atomic E-state index is 12.0. The summed E-state index contributed by atoms with van der Waals surface area (Å²) in [6, 6.07) is 9.92. The Hall–Kier alpha value is -1.61. The molecule has 1 rings (SSSR count). The Kier molecular flexibility index (Phi) is 6.46. The fraction of sp³-hybridized carbons (Fsp3) is 0.471. The third kappa shape index (κ3) is 4.20. The number of benzene rings is 1. The van der Waals surface area contributed by atoms with Gasteiger partial charge in [-0.3, -0.25) is 0 Å². The summed E-state index contributed by atoms with van der Waals surface area (Å²) in [5, 5.41) is 0. The molecule has 3 heteroatoms. The van der Waals surface area contributed by atoms with Gasteiger partial charge >= 0.3 is 5.97 Å². The molecular weight excluding hydrogens is 250 g/mol. The van der Waals surface area contributed by atoms with Crippen LogP contribution in [-0.2, 0) is 9.53 Å². The van der Waals surface area contributed by atoms with Crippen LogP contribution in [0.25, 0.3) is 6.08 Å². The lowest BCUT2D eigenvalue weighted by Crippen LogP contribution is -2.49. The second-order valence-electron chi connectivity index (χ2n) is 5.02. The SMILES string of the molecule is CC[N+](CC)(CC)C/C(=C/c1ccccc1)C(=O)OC. The normalized spacial score (nSPS) is 12.3. The van der Waals surface area contributed by atoms with Crippen LogP contribution in [0.15, 0.2) is 35.9 Å². The van der Waals surface area contributed by atoms with E-state index in [2.05, 4.69) is 20.8 Å². The van der Waals surface area contributed by atoms with Gasteiger partial charge in [-0.05, 0) is 32.4 Å². The predicted octanol–water partition coefficient (Wildman–Crippen LogP) is 3.12. The van der Waals surface area contributed by atoms with Crippen molar-refractivity contribution in [3.63, 3.8) is 0 Å². The molecule has 0 radical (unpaired) electrons. The summed E-state index contributed by atoms with van der Waals surface area (Å²) in [6.45, 7) is 10.3. The first-order chi connectivity index (χ1) is 9.60. The maximum absolute atomic E-state index is 12.0. The maximum Gasteiger partial charge on any atom is 0.339 e. The molecule has 0 N–H and O–H groups in total. The van der Waals surface area contributed by atoms with Crippen LogP contribution < -0.4 is 0 Å². The van der Waals surface area contributed by atoms with E-state index in [9.17, 15) is 4.79 Å². The van der Waals surface area contributed by atoms with Crippen molar-refractivity contribution in [2.24, 2.45) is 0 Å². The van der Waals surface area contributed by atoms with E-state index in [1.807, 2.05) is 36.4 Å². The molecule has 0 unspecified atom stereocenters. The van der Waals surface area contributed by atoms with Crippen molar-refractivity contribution in [2.75, 3.05) is 33.3 Å². The van der Waals surface area contributed by atoms with Crippen molar-refractivity contribution in [2.45, 2.75) is 20.8 Å². The topological polar surface area (TPSA) is 26.3 Å². The van der Waals surface area contributed by atoms with Gasteiger partial charge in [-0.25, -0.2) is 4.79 Å². The minimum atomic E-state index is -0.230. The number of carbonyl (C=O) groups excluding carboxylic acids is 1. The summed E-state index contributed by atoms with van der Waals surface area (Å²) in [7, 11) is 1.44. The van der Waals surface area contributed by atoms with Gasteiger partial charge in [-0.15, -0.1) is 0 Å². The number of likely N-dealkylation sites (N-methyl/N-ethyl adjacent to an activating group) is 1. The molecule has 0 aliphatic rings. The quantitative estimate of drug-likeness (QED) is 0.434. The lowest BCUT2D eigenvalue weighted by molar-refractivity contribution is -0.918. The molecular formula is C17H26NO2+. The molecule has 0 saturated heterocycles. The predicted molar refractivity (Wildman–Crippen MR) is 83.2 cm³/mol. The average molecular weight is 276 g/mol. The van der Waals surface area contributed by atoms with E-state index in [-0.39, 0.29) is 5.97 Å². The Balaban J connectivity index is 3.08. The number of methoxy groups -OCH3 is 1. The van der Waals surface area contributed by atoms with Gasteiger partial charge in [-0.2, -0.15) is 0 Å². The van der Waals surface area contributed by atoms with Crippen LogP contribution in [0.4, 0.5) is 0 Å². The fourth-order valence-electron chi connectivity index (χ4n) is 2.42. The second-order valence-corrected chi connectivity index (χ2v) is 5.02. The molecule has 1 aromatic rings. The number of hydrogen-bond acceptors (Lipinski definition) is 2. The molecule has 0 atom stereocenters. The first-order valence-electron chi connectivity index (χ1n) is 7.29. The summed E-state index contributed by atoms with van der Waals surface area (Å²) in [5.74, 6) is -0.230. The summed E-state index contributed by atoms with van der Waals surface area (Å²) < 4.78 is 5.84. The molecule has 0 bridgehead atoms. The molecule has 0 saturated carbocycles. The Morgan fingerprint density at radius 2 is 1.65 bits per heavy atom. The van der Waals surface area contributed by atoms with E-state index in [0.717, 1.165) is 35.3 Å². The van der Waals surface area contributed by atoms with E-state index < -0.39 is 0 Å². The van der Waals surface area contributed by atoms with Gasteiger partial charge < -0.3 is 9.22 Å². The molecule has 20 heavy (non-hydrogen) atoms. The Morgan fingerprint density at radius 3 is 2.10 bits per heavy atom. The monoisotopic (exact) mass is 276 g/mol. The highest BCUT2D eigenvalue weighted by Gasteiger charge is 2.26. The number of quaternary nitrogens is 1. The minimum absolute atomic E-state index is 0.230. The summed E-state index contributed by atoms with van der Waals surface area (Å²) in [6.07, 6.45) is 1.94. The summed E-state index contributed by atoms with van der Waals surface area (Å²) in [5.41, 5.74) is 1.78. The summed E-state index contributed by atoms with van der Waals surface area (Å²) >= 11 is 0. The number of esters is 1. The number of nitrogens with zero attached hydrogens (tertiary/aromatic N) is 1. The van der Waals surface area contributed by atoms with Crippen molar-refractivity contribution >= 4 is 12.0 Å². The number of ether oxygens (including phenoxy) is 1. The zero-order valence-electron chi connectivity index (χ0n) is 13.1. The van der Waals surface area contributed by atoms with E-state index in [4.69, 9.17) is 4.74 Å². The third-order valence-corrected chi connectivity index (χ3v) is 4.11. The lowest BCUT2D eigenvalue weighted by Gasteiger charge is -2.36. The van der Waals surface area contributed by atoms with Crippen molar-refractivity contribution < 1.29 is 14.0 Å². The van der Waals surface area contributed by atoms with Crippen LogP contribution in [0.5, 0.6) is 0 Å². The van der Waals surface area contributed by atoms with Crippen LogP contribution in [0, 0.1) is 0 Å². The van der Waals surface area contributed by atoms with E-state index in [1.165, 1.54) is 7.11 Å². The molecule has 1 aromatic carbocycles. The zero-order valence-corrected chi connectivity index (χ0v) is 13.1. The standard InChI is InChI=1S/C17H26NO2/c1-5-18(6-2,7-3)14-16(17(19)20-4)13-15-11-9-8-10-12-15/h8-13H,5-7,14H2,1-4H3/q+1/b16-13-. The second kappa shape index (κ2) is 7.85. The van der Waals surface area contributed by atoms with Gasteiger partial charge in [0.15, 0.2) is 0 Å². The number of rotatable bonds is 7. The first-order valence-corrected chi connectivity index (χ1v) is 7.29. The highest BCUT2D eigenvalue weighted by molar-refractivity contribution is 5.93. The zero-order chi connectivity index (χ0) is 15.0. The van der Waals surface area contributed by atoms with Crippen molar-refractivity contribution in [3.8, 4) is 0 Å². The van der Waals surface area contributed by atoms with Crippen molar-refractivity contribution in [1.29, 1.82) is 0 Å². The van der Waals surface area contributed by atoms with Crippen LogP contribution in [0.3, 0.4) is 0 Å². The van der Waals surface area contributed by atoms with Gasteiger partial charge in [0, 0.05) is 0 Å². The Morgan fingerprint density at radius 1 is 1.10 bits per heavy atom. The van der Waals surface area contributed by atoms with Gasteiger partial charge in [0.2, 0.25) is 0 Å². The molecule has 0 spiro atoms. The smallest absolute Gasteiger partial charge is 0.339 e. The van der Waals surface area contributed by atoms with Crippen LogP contribution in [0.1, 0.15) is 26.3 Å². The molecule has 3 nitrogen and oxygen atoms in total. The first kappa shape index (κ1) is 16.4. The van der Waals surface area contributed by atoms with Gasteiger partial charge in [-0.1, -0.05) is 30.3 Å². The van der Waals surface area contributed by atoms with Gasteiger partial charge in [0.25, 0.3) is 0 Å². The van der Waals surface area contributed by atoms with E-state index in [0.29, 0.717) is 6.54 Å². The Bertz CT molecular complexity index is 439. The third-order valence-electron chi connectivity index (χ3n) is 4.11. The number of carbonyl (C=O) groups is 1. The molecule has 0 fully saturated rings. The molecule has 0 heterocycles. The van der Waals surface area contributed by atoms with E-state index >= 15 is 0 Å². The Labute approximate surface area is 122 Å². The van der Waals surface area contributed by atoms with E-state index in [1.54, 1.807) is 0 Å². The molecule has 0 amide bonds. The highest BCUT2D eigenvalue weighted by Crippen LogP contribution is 2.15. The lowest BCUT2D eigenvalue weighted by atomic mass is 10.1. The molecule has 0 aliphatic heterocycles.